The van der Waals surface area contributed by atoms with Crippen LogP contribution in [-0.4, -0.2) is 12.1 Å². The van der Waals surface area contributed by atoms with Crippen LogP contribution in [0.15, 0.2) is 34.9 Å². The van der Waals surface area contributed by atoms with E-state index in [1.54, 1.807) is 13.3 Å². The molecule has 0 radical (unpaired) electrons. The van der Waals surface area contributed by atoms with Gasteiger partial charge in [-0.15, -0.1) is 0 Å². The molecule has 0 unspecified atom stereocenters. The molecule has 0 aliphatic carbocycles. The number of nitrogens with two attached hydrogens (primary N) is 1. The van der Waals surface area contributed by atoms with E-state index in [2.05, 4.69) is 20.9 Å². The van der Waals surface area contributed by atoms with E-state index in [0.717, 1.165) is 21.3 Å². The maximum Gasteiger partial charge on any atom is 0.222 e. The zero-order valence-electron chi connectivity index (χ0n) is 10.8. The first kappa shape index (κ1) is 13.8. The smallest absolute Gasteiger partial charge is 0.222 e. The van der Waals surface area contributed by atoms with Crippen LogP contribution in [-0.2, 0) is 6.54 Å². The van der Waals surface area contributed by atoms with E-state index in [9.17, 15) is 0 Å². The number of halogens is 1. The van der Waals surface area contributed by atoms with Gasteiger partial charge < -0.3 is 15.2 Å². The molecule has 19 heavy (non-hydrogen) atoms. The third kappa shape index (κ3) is 3.24. The number of pyridine rings is 1. The van der Waals surface area contributed by atoms with Crippen LogP contribution in [0, 0.1) is 6.92 Å². The van der Waals surface area contributed by atoms with Crippen LogP contribution in [0.5, 0.6) is 17.4 Å². The highest BCUT2D eigenvalue weighted by Crippen LogP contribution is 2.33. The van der Waals surface area contributed by atoms with Gasteiger partial charge in [-0.25, -0.2) is 4.98 Å². The third-order valence-electron chi connectivity index (χ3n) is 2.67. The molecule has 2 aromatic rings. The fourth-order valence-corrected chi connectivity index (χ4v) is 2.07. The molecule has 1 aromatic carbocycles. The number of aryl methyl sites for hydroxylation is 1. The predicted molar refractivity (Wildman–Crippen MR) is 77.6 cm³/mol. The lowest BCUT2D eigenvalue weighted by Gasteiger charge is -2.11. The van der Waals surface area contributed by atoms with Gasteiger partial charge in [0.25, 0.3) is 0 Å². The van der Waals surface area contributed by atoms with E-state index in [-0.39, 0.29) is 0 Å². The van der Waals surface area contributed by atoms with Crippen LogP contribution >= 0.6 is 15.9 Å². The standard InChI is InChI=1S/C14H15BrN2O2/c1-9-5-10(7-16)8-17-14(9)19-13-4-3-11(18-2)6-12(13)15/h3-6,8H,7,16H2,1-2H3. The number of hydrogen-bond acceptors (Lipinski definition) is 4. The van der Waals surface area contributed by atoms with Gasteiger partial charge in [0.05, 0.1) is 11.6 Å². The summed E-state index contributed by atoms with van der Waals surface area (Å²) >= 11 is 3.45. The van der Waals surface area contributed by atoms with Gasteiger partial charge in [0, 0.05) is 18.3 Å². The topological polar surface area (TPSA) is 57.4 Å². The molecule has 100 valence electrons. The molecule has 0 spiro atoms. The van der Waals surface area contributed by atoms with E-state index in [1.807, 2.05) is 31.2 Å². The predicted octanol–water partition coefficient (Wildman–Crippen LogP) is 3.41. The highest BCUT2D eigenvalue weighted by atomic mass is 79.9. The van der Waals surface area contributed by atoms with Crippen LogP contribution in [0.3, 0.4) is 0 Å². The van der Waals surface area contributed by atoms with Crippen molar-refractivity contribution < 1.29 is 9.47 Å². The minimum Gasteiger partial charge on any atom is -0.497 e. The normalized spacial score (nSPS) is 10.3. The summed E-state index contributed by atoms with van der Waals surface area (Å²) in [6, 6.07) is 7.49. The highest BCUT2D eigenvalue weighted by molar-refractivity contribution is 9.10. The minimum atomic E-state index is 0.473. The fraction of sp³-hybridized carbons (Fsp3) is 0.214. The number of ether oxygens (including phenoxy) is 2. The highest BCUT2D eigenvalue weighted by Gasteiger charge is 2.08. The van der Waals surface area contributed by atoms with Gasteiger partial charge in [0.2, 0.25) is 5.88 Å². The summed E-state index contributed by atoms with van der Waals surface area (Å²) in [4.78, 5) is 4.27. The van der Waals surface area contributed by atoms with Gasteiger partial charge in [0.1, 0.15) is 11.5 Å². The molecule has 0 saturated carbocycles. The van der Waals surface area contributed by atoms with Crippen molar-refractivity contribution >= 4 is 15.9 Å². The van der Waals surface area contributed by atoms with Crippen LogP contribution in [0.4, 0.5) is 0 Å². The van der Waals surface area contributed by atoms with Crippen molar-refractivity contribution in [1.82, 2.24) is 4.98 Å². The average molecular weight is 323 g/mol. The zero-order chi connectivity index (χ0) is 13.8. The molecule has 0 aliphatic heterocycles. The maximum absolute atomic E-state index is 5.78. The molecule has 0 fully saturated rings. The van der Waals surface area contributed by atoms with Crippen molar-refractivity contribution in [2.75, 3.05) is 7.11 Å². The first-order valence-corrected chi connectivity index (χ1v) is 6.60. The fourth-order valence-electron chi connectivity index (χ4n) is 1.63. The van der Waals surface area contributed by atoms with Crippen molar-refractivity contribution in [3.63, 3.8) is 0 Å². The summed E-state index contributed by atoms with van der Waals surface area (Å²) < 4.78 is 11.7. The molecule has 1 aromatic heterocycles. The number of benzene rings is 1. The summed E-state index contributed by atoms with van der Waals surface area (Å²) in [6.45, 7) is 2.42. The van der Waals surface area contributed by atoms with Crippen LogP contribution < -0.4 is 15.2 Å². The molecule has 1 heterocycles. The number of methoxy groups -OCH3 is 1. The second-order valence-electron chi connectivity index (χ2n) is 4.07. The number of hydrogen-bond donors (Lipinski definition) is 1. The van der Waals surface area contributed by atoms with Gasteiger partial charge in [-0.2, -0.15) is 0 Å². The van der Waals surface area contributed by atoms with E-state index >= 15 is 0 Å². The second-order valence-corrected chi connectivity index (χ2v) is 4.92. The Balaban J connectivity index is 2.26. The largest absolute Gasteiger partial charge is 0.497 e. The van der Waals surface area contributed by atoms with Crippen molar-refractivity contribution in [3.8, 4) is 17.4 Å². The first-order chi connectivity index (χ1) is 9.13. The van der Waals surface area contributed by atoms with Crippen molar-refractivity contribution in [3.05, 3.63) is 46.1 Å². The van der Waals surface area contributed by atoms with Gasteiger partial charge in [0.15, 0.2) is 0 Å². The van der Waals surface area contributed by atoms with E-state index in [0.29, 0.717) is 18.2 Å². The molecule has 0 aliphatic rings. The molecular formula is C14H15BrN2O2. The van der Waals surface area contributed by atoms with E-state index in [4.69, 9.17) is 15.2 Å². The Morgan fingerprint density at radius 1 is 1.32 bits per heavy atom. The monoisotopic (exact) mass is 322 g/mol. The lowest BCUT2D eigenvalue weighted by Crippen LogP contribution is -1.99. The Hall–Kier alpha value is -1.59. The van der Waals surface area contributed by atoms with E-state index in [1.165, 1.54) is 0 Å². The molecule has 4 nitrogen and oxygen atoms in total. The summed E-state index contributed by atoms with van der Waals surface area (Å²) in [5.41, 5.74) is 7.51. The summed E-state index contributed by atoms with van der Waals surface area (Å²) in [6.07, 6.45) is 1.72. The first-order valence-electron chi connectivity index (χ1n) is 5.81. The molecule has 0 bridgehead atoms. The van der Waals surface area contributed by atoms with Crippen molar-refractivity contribution in [2.24, 2.45) is 5.73 Å². The molecule has 0 saturated heterocycles. The Morgan fingerprint density at radius 2 is 2.11 bits per heavy atom. The molecule has 2 rings (SSSR count). The van der Waals surface area contributed by atoms with Crippen molar-refractivity contribution in [2.45, 2.75) is 13.5 Å². The molecule has 5 heteroatoms. The van der Waals surface area contributed by atoms with Crippen LogP contribution in [0.2, 0.25) is 0 Å². The Bertz CT molecular complexity index is 536. The minimum absolute atomic E-state index is 0.473. The SMILES string of the molecule is COc1ccc(Oc2ncc(CN)cc2C)c(Br)c1. The van der Waals surface area contributed by atoms with Crippen LogP contribution in [0.25, 0.3) is 0 Å². The van der Waals surface area contributed by atoms with Crippen molar-refractivity contribution in [1.29, 1.82) is 0 Å². The molecule has 0 atom stereocenters. The Morgan fingerprint density at radius 3 is 2.68 bits per heavy atom. The summed E-state index contributed by atoms with van der Waals surface area (Å²) in [5, 5.41) is 0. The van der Waals surface area contributed by atoms with Gasteiger partial charge in [-0.05, 0) is 52.7 Å². The maximum atomic E-state index is 5.78. The van der Waals surface area contributed by atoms with Gasteiger partial charge >= 0.3 is 0 Å². The average Bonchev–Trinajstić information content (AvgIpc) is 2.42. The second kappa shape index (κ2) is 6.04. The lowest BCUT2D eigenvalue weighted by atomic mass is 10.2. The van der Waals surface area contributed by atoms with Gasteiger partial charge in [-0.3, -0.25) is 0 Å². The lowest BCUT2D eigenvalue weighted by molar-refractivity contribution is 0.411. The molecular weight excluding hydrogens is 308 g/mol. The summed E-state index contributed by atoms with van der Waals surface area (Å²) in [5.74, 6) is 2.03. The quantitative estimate of drug-likeness (QED) is 0.937. The third-order valence-corrected chi connectivity index (χ3v) is 3.29. The zero-order valence-corrected chi connectivity index (χ0v) is 12.4. The molecule has 2 N–H and O–H groups in total. The van der Waals surface area contributed by atoms with Gasteiger partial charge in [-0.1, -0.05) is 0 Å². The number of nitrogens with zero attached hydrogens (tertiary/aromatic N) is 1. The van der Waals surface area contributed by atoms with Crippen LogP contribution in [0.1, 0.15) is 11.1 Å². The summed E-state index contributed by atoms with van der Waals surface area (Å²) in [7, 11) is 1.62. The number of rotatable bonds is 4. The molecule has 0 amide bonds. The number of aromatic nitrogens is 1. The Kier molecular flexibility index (Phi) is 4.39. The van der Waals surface area contributed by atoms with E-state index < -0.39 is 0 Å². The Labute approximate surface area is 120 Å².